The highest BCUT2D eigenvalue weighted by molar-refractivity contribution is 5.59. The maximum absolute atomic E-state index is 5.92. The van der Waals surface area contributed by atoms with Crippen LogP contribution in [0.4, 0.5) is 0 Å². The van der Waals surface area contributed by atoms with Gasteiger partial charge in [-0.1, -0.05) is 6.42 Å². The van der Waals surface area contributed by atoms with Crippen molar-refractivity contribution in [1.82, 2.24) is 14.5 Å². The molecule has 2 aliphatic rings. The Balaban J connectivity index is 1.27. The number of likely N-dealkylation sites (tertiary alicyclic amines) is 1. The van der Waals surface area contributed by atoms with Crippen LogP contribution in [0.15, 0.2) is 30.5 Å². The number of hydrogen-bond acceptors (Lipinski definition) is 3. The molecule has 0 amide bonds. The van der Waals surface area contributed by atoms with Gasteiger partial charge in [0.1, 0.15) is 11.6 Å². The highest BCUT2D eigenvalue weighted by Crippen LogP contribution is 2.24. The molecule has 0 bridgehead atoms. The average molecular weight is 339 g/mol. The van der Waals surface area contributed by atoms with Gasteiger partial charge in [-0.3, -0.25) is 0 Å². The fourth-order valence-corrected chi connectivity index (χ4v) is 3.93. The van der Waals surface area contributed by atoms with Crippen LogP contribution >= 0.6 is 0 Å². The molecule has 1 saturated heterocycles. The Morgan fingerprint density at radius 3 is 2.52 bits per heavy atom. The summed E-state index contributed by atoms with van der Waals surface area (Å²) >= 11 is 0. The van der Waals surface area contributed by atoms with Crippen molar-refractivity contribution in [3.8, 4) is 17.0 Å². The number of piperidine rings is 1. The zero-order valence-electron chi connectivity index (χ0n) is 15.1. The Bertz CT molecular complexity index is 647. The molecular weight excluding hydrogens is 310 g/mol. The lowest BCUT2D eigenvalue weighted by atomic mass is 10.1. The molecule has 0 saturated carbocycles. The predicted octanol–water partition coefficient (Wildman–Crippen LogP) is 4.14. The molecule has 134 valence electrons. The van der Waals surface area contributed by atoms with Gasteiger partial charge in [0, 0.05) is 31.3 Å². The van der Waals surface area contributed by atoms with Crippen LogP contribution in [-0.2, 0) is 13.0 Å². The van der Waals surface area contributed by atoms with Crippen molar-refractivity contribution in [1.29, 1.82) is 0 Å². The van der Waals surface area contributed by atoms with E-state index in [1.165, 1.54) is 56.6 Å². The van der Waals surface area contributed by atoms with Gasteiger partial charge in [-0.15, -0.1) is 0 Å². The standard InChI is InChI=1S/C21H29N3O/c1-3-12-23(13-4-1)14-6-16-25-19-10-8-18(9-11-19)20-17-24-15-5-2-7-21(24)22-20/h8-11,17H,1-7,12-16H2. The lowest BCUT2D eigenvalue weighted by Crippen LogP contribution is -2.31. The van der Waals surface area contributed by atoms with E-state index in [0.717, 1.165) is 44.0 Å². The summed E-state index contributed by atoms with van der Waals surface area (Å²) in [4.78, 5) is 7.36. The van der Waals surface area contributed by atoms with Crippen LogP contribution in [0.3, 0.4) is 0 Å². The number of imidazole rings is 1. The number of rotatable bonds is 6. The second kappa shape index (κ2) is 8.05. The molecule has 4 nitrogen and oxygen atoms in total. The Kier molecular flexibility index (Phi) is 5.36. The first-order chi connectivity index (χ1) is 12.4. The van der Waals surface area contributed by atoms with Crippen LogP contribution in [-0.4, -0.2) is 40.7 Å². The average Bonchev–Trinajstić information content (AvgIpc) is 3.11. The second-order valence-corrected chi connectivity index (χ2v) is 7.32. The number of benzene rings is 1. The minimum atomic E-state index is 0.800. The molecule has 0 unspecified atom stereocenters. The minimum absolute atomic E-state index is 0.800. The molecule has 4 rings (SSSR count). The normalized spacial score (nSPS) is 18.1. The monoisotopic (exact) mass is 339 g/mol. The lowest BCUT2D eigenvalue weighted by molar-refractivity contribution is 0.205. The molecule has 2 aliphatic heterocycles. The fourth-order valence-electron chi connectivity index (χ4n) is 3.93. The number of aryl methyl sites for hydroxylation is 2. The summed E-state index contributed by atoms with van der Waals surface area (Å²) in [5.41, 5.74) is 2.27. The van der Waals surface area contributed by atoms with E-state index >= 15 is 0 Å². The third-order valence-electron chi connectivity index (χ3n) is 5.39. The van der Waals surface area contributed by atoms with Gasteiger partial charge < -0.3 is 14.2 Å². The van der Waals surface area contributed by atoms with Gasteiger partial charge in [0.05, 0.1) is 12.3 Å². The SMILES string of the molecule is c1cc(-c2cn3c(n2)CCCC3)ccc1OCCCN1CCCCC1. The fraction of sp³-hybridized carbons (Fsp3) is 0.571. The zero-order valence-corrected chi connectivity index (χ0v) is 15.1. The molecule has 1 aromatic heterocycles. The number of ether oxygens (including phenoxy) is 1. The van der Waals surface area contributed by atoms with E-state index in [-0.39, 0.29) is 0 Å². The van der Waals surface area contributed by atoms with Crippen LogP contribution in [0.5, 0.6) is 5.75 Å². The highest BCUT2D eigenvalue weighted by Gasteiger charge is 2.13. The molecule has 0 atom stereocenters. The van der Waals surface area contributed by atoms with Gasteiger partial charge in [-0.25, -0.2) is 4.98 Å². The predicted molar refractivity (Wildman–Crippen MR) is 101 cm³/mol. The summed E-state index contributed by atoms with van der Waals surface area (Å²) in [6.45, 7) is 5.61. The van der Waals surface area contributed by atoms with E-state index in [1.807, 2.05) is 0 Å². The first kappa shape index (κ1) is 16.6. The number of aromatic nitrogens is 2. The molecule has 0 aliphatic carbocycles. The third-order valence-corrected chi connectivity index (χ3v) is 5.39. The van der Waals surface area contributed by atoms with Crippen molar-refractivity contribution < 1.29 is 4.74 Å². The van der Waals surface area contributed by atoms with Gasteiger partial charge in [-0.2, -0.15) is 0 Å². The van der Waals surface area contributed by atoms with Gasteiger partial charge in [-0.05, 0) is 69.5 Å². The van der Waals surface area contributed by atoms with Gasteiger partial charge in [0.25, 0.3) is 0 Å². The molecule has 3 heterocycles. The topological polar surface area (TPSA) is 30.3 Å². The Hall–Kier alpha value is -1.81. The molecule has 4 heteroatoms. The second-order valence-electron chi connectivity index (χ2n) is 7.32. The summed E-state index contributed by atoms with van der Waals surface area (Å²) in [5, 5.41) is 0. The molecule has 2 aromatic rings. The van der Waals surface area contributed by atoms with Crippen molar-refractivity contribution in [3.63, 3.8) is 0 Å². The summed E-state index contributed by atoms with van der Waals surface area (Å²) in [6, 6.07) is 8.42. The summed E-state index contributed by atoms with van der Waals surface area (Å²) in [6.07, 6.45) is 11.1. The maximum atomic E-state index is 5.92. The number of fused-ring (bicyclic) bond motifs is 1. The number of nitrogens with zero attached hydrogens (tertiary/aromatic N) is 3. The quantitative estimate of drug-likeness (QED) is 0.741. The first-order valence-electron chi connectivity index (χ1n) is 9.90. The maximum Gasteiger partial charge on any atom is 0.119 e. The highest BCUT2D eigenvalue weighted by atomic mass is 16.5. The van der Waals surface area contributed by atoms with Crippen LogP contribution in [0, 0.1) is 0 Å². The molecule has 0 radical (unpaired) electrons. The van der Waals surface area contributed by atoms with Gasteiger partial charge >= 0.3 is 0 Å². The van der Waals surface area contributed by atoms with E-state index in [0.29, 0.717) is 0 Å². The van der Waals surface area contributed by atoms with Gasteiger partial charge in [0.2, 0.25) is 0 Å². The summed E-state index contributed by atoms with van der Waals surface area (Å²) in [5.74, 6) is 2.20. The van der Waals surface area contributed by atoms with Crippen LogP contribution in [0.1, 0.15) is 44.3 Å². The largest absolute Gasteiger partial charge is 0.494 e. The Morgan fingerprint density at radius 2 is 1.72 bits per heavy atom. The van der Waals surface area contributed by atoms with Crippen molar-refractivity contribution in [2.75, 3.05) is 26.2 Å². The molecular formula is C21H29N3O. The van der Waals surface area contributed by atoms with Gasteiger partial charge in [0.15, 0.2) is 0 Å². The summed E-state index contributed by atoms with van der Waals surface area (Å²) < 4.78 is 8.23. The molecule has 0 N–H and O–H groups in total. The van der Waals surface area contributed by atoms with E-state index in [1.54, 1.807) is 0 Å². The zero-order chi connectivity index (χ0) is 16.9. The van der Waals surface area contributed by atoms with E-state index < -0.39 is 0 Å². The van der Waals surface area contributed by atoms with E-state index in [2.05, 4.69) is 39.9 Å². The molecule has 1 aromatic carbocycles. The minimum Gasteiger partial charge on any atom is -0.494 e. The molecule has 1 fully saturated rings. The van der Waals surface area contributed by atoms with Crippen LogP contribution in [0.2, 0.25) is 0 Å². The third kappa shape index (κ3) is 4.24. The molecule has 25 heavy (non-hydrogen) atoms. The van der Waals surface area contributed by atoms with Crippen LogP contribution < -0.4 is 4.74 Å². The Morgan fingerprint density at radius 1 is 0.920 bits per heavy atom. The molecule has 0 spiro atoms. The lowest BCUT2D eigenvalue weighted by Gasteiger charge is -2.26. The Labute approximate surface area is 150 Å². The smallest absolute Gasteiger partial charge is 0.119 e. The van der Waals surface area contributed by atoms with E-state index in [4.69, 9.17) is 9.72 Å². The van der Waals surface area contributed by atoms with Crippen molar-refractivity contribution >= 4 is 0 Å². The first-order valence-corrected chi connectivity index (χ1v) is 9.90. The van der Waals surface area contributed by atoms with Crippen LogP contribution in [0.25, 0.3) is 11.3 Å². The van der Waals surface area contributed by atoms with Crippen molar-refractivity contribution in [2.24, 2.45) is 0 Å². The van der Waals surface area contributed by atoms with Crippen molar-refractivity contribution in [2.45, 2.75) is 51.5 Å². The van der Waals surface area contributed by atoms with Crippen molar-refractivity contribution in [3.05, 3.63) is 36.3 Å². The summed E-state index contributed by atoms with van der Waals surface area (Å²) in [7, 11) is 0. The van der Waals surface area contributed by atoms with E-state index in [9.17, 15) is 0 Å². The number of hydrogen-bond donors (Lipinski definition) is 0.